The summed E-state index contributed by atoms with van der Waals surface area (Å²) in [5.74, 6) is 0. The number of hydrogen-bond acceptors (Lipinski definition) is 2. The summed E-state index contributed by atoms with van der Waals surface area (Å²) in [6.45, 7) is 0.0110. The van der Waals surface area contributed by atoms with Gasteiger partial charge in [0.05, 0.1) is 6.01 Å². The average molecular weight is 297 g/mol. The minimum absolute atomic E-state index is 1.74. The maximum atomic E-state index is 12.6. The summed E-state index contributed by atoms with van der Waals surface area (Å²) in [6, 6.07) is 1.74. The average Bonchev–Trinajstić information content (AvgIpc) is 1.75. The Hall–Kier alpha value is 0.197. The van der Waals surface area contributed by atoms with Crippen LogP contribution >= 0.6 is 14.6 Å². The van der Waals surface area contributed by atoms with Crippen molar-refractivity contribution in [3.63, 3.8) is 0 Å². The van der Waals surface area contributed by atoms with E-state index < -0.39 is 22.9 Å². The van der Waals surface area contributed by atoms with Gasteiger partial charge in [-0.25, -0.2) is 0 Å². The van der Waals surface area contributed by atoms with Crippen LogP contribution in [-0.2, 0) is 11.8 Å². The highest BCUT2D eigenvalue weighted by Gasteiger charge is 2.23. The highest BCUT2D eigenvalue weighted by atomic mass is 32.5. The van der Waals surface area contributed by atoms with Gasteiger partial charge in [-0.2, -0.15) is 8.39 Å². The van der Waals surface area contributed by atoms with Gasteiger partial charge in [0, 0.05) is 0 Å². The Kier molecular flexibility index (Phi) is 5.08. The van der Waals surface area contributed by atoms with Crippen molar-refractivity contribution < 1.29 is 16.8 Å². The summed E-state index contributed by atoms with van der Waals surface area (Å²) in [6.07, 6.45) is 0. The van der Waals surface area contributed by atoms with Crippen molar-refractivity contribution in [2.24, 2.45) is 13.9 Å². The van der Waals surface area contributed by atoms with Crippen LogP contribution in [-0.4, -0.2) is 14.2 Å². The molecule has 0 unspecified atom stereocenters. The Labute approximate surface area is 91.5 Å². The van der Waals surface area contributed by atoms with E-state index in [0.29, 0.717) is 0 Å². The van der Waals surface area contributed by atoms with Crippen molar-refractivity contribution in [3.05, 3.63) is 0 Å². The molecule has 0 aliphatic rings. The minimum Gasteiger partial charge on any atom is -0.267 e. The van der Waals surface area contributed by atoms with Gasteiger partial charge in [0.25, 0.3) is 0 Å². The van der Waals surface area contributed by atoms with Gasteiger partial charge in [-0.1, -0.05) is 0 Å². The molecule has 3 nitrogen and oxygen atoms in total. The lowest BCUT2D eigenvalue weighted by molar-refractivity contribution is 0.711. The molecule has 0 N–H and O–H groups in total. The smallest absolute Gasteiger partial charge is 0.267 e. The molecule has 0 fully saturated rings. The zero-order valence-corrected chi connectivity index (χ0v) is 11.8. The highest BCUT2D eigenvalue weighted by Crippen LogP contribution is 2.66. The Morgan fingerprint density at radius 2 is 1.60 bits per heavy atom. The van der Waals surface area contributed by atoms with Gasteiger partial charge in [-0.15, -0.1) is 17.7 Å². The molecule has 0 aromatic rings. The molecule has 11 heteroatoms. The van der Waals surface area contributed by atoms with Crippen molar-refractivity contribution in [2.45, 2.75) is 19.6 Å². The van der Waals surface area contributed by atoms with Crippen LogP contribution in [0.4, 0.5) is 16.8 Å². The zero-order valence-electron chi connectivity index (χ0n) is 8.16. The molecular weight excluding hydrogens is 288 g/mol. The molecule has 88 valence electrons. The summed E-state index contributed by atoms with van der Waals surface area (Å²) in [7, 11) is -7.34. The van der Waals surface area contributed by atoms with Crippen molar-refractivity contribution in [1.82, 2.24) is 0 Å². The molecule has 0 aliphatic heterocycles. The Bertz CT molecular complexity index is 387. The van der Waals surface area contributed by atoms with Crippen LogP contribution < -0.4 is 0 Å². The number of halogens is 4. The van der Waals surface area contributed by atoms with Crippen molar-refractivity contribution in [1.29, 1.82) is 0 Å². The van der Waals surface area contributed by atoms with Crippen LogP contribution in [0.25, 0.3) is 0 Å². The Morgan fingerprint density at radius 1 is 1.13 bits per heavy atom. The maximum absolute atomic E-state index is 12.6. The van der Waals surface area contributed by atoms with Crippen LogP contribution in [0.1, 0.15) is 0 Å². The van der Waals surface area contributed by atoms with Crippen molar-refractivity contribution >= 4 is 40.7 Å². The van der Waals surface area contributed by atoms with Gasteiger partial charge in [0.2, 0.25) is 0 Å². The lowest BCUT2D eigenvalue weighted by Crippen LogP contribution is -2.15. The fourth-order valence-corrected chi connectivity index (χ4v) is 2.91. The normalized spacial score (nSPS) is 13.0. The van der Waals surface area contributed by atoms with E-state index in [-0.39, 0.29) is 0 Å². The van der Waals surface area contributed by atoms with Gasteiger partial charge >= 0.3 is 14.6 Å². The molecule has 0 aromatic heterocycles. The van der Waals surface area contributed by atoms with Gasteiger partial charge in [0.15, 0.2) is 8.24 Å². The first-order valence-corrected chi connectivity index (χ1v) is 11.1. The maximum Gasteiger partial charge on any atom is 0.429 e. The Morgan fingerprint density at radius 3 is 1.93 bits per heavy atom. The largest absolute Gasteiger partial charge is 0.429 e. The molecule has 0 atom stereocenters. The molecule has 0 bridgehead atoms. The summed E-state index contributed by atoms with van der Waals surface area (Å²) >= 11 is 3.51. The van der Waals surface area contributed by atoms with E-state index in [1.165, 1.54) is 0 Å². The first-order valence-electron chi connectivity index (χ1n) is 3.63. The quantitative estimate of drug-likeness (QED) is 0.311. The predicted octanol–water partition coefficient (Wildman–Crippen LogP) is 5.04. The molecule has 0 radical (unpaired) electrons. The van der Waals surface area contributed by atoms with Crippen LogP contribution in [0, 0.1) is 0 Å². The Balaban J connectivity index is 5.05. The van der Waals surface area contributed by atoms with E-state index in [1.807, 2.05) is 4.52 Å². The topological polar surface area (TPSA) is 37.1 Å². The lowest BCUT2D eigenvalue weighted by atomic mass is 11.6. The molecule has 15 heavy (non-hydrogen) atoms. The standard InChI is InChI=1S/C4H9F4N3P2SSi/c1-15(2,3)10-4-9-12(5,6)11-13(7,8)14/h1-3H3. The molecule has 0 saturated heterocycles. The van der Waals surface area contributed by atoms with E-state index >= 15 is 0 Å². The summed E-state index contributed by atoms with van der Waals surface area (Å²) in [5, 5.41) is 0. The lowest BCUT2D eigenvalue weighted by Gasteiger charge is -2.03. The number of nitrogens with zero attached hydrogens (tertiary/aromatic N) is 3. The predicted molar refractivity (Wildman–Crippen MR) is 61.3 cm³/mol. The van der Waals surface area contributed by atoms with Crippen LogP contribution in [0.2, 0.25) is 19.6 Å². The molecule has 0 saturated carbocycles. The van der Waals surface area contributed by atoms with Crippen molar-refractivity contribution in [2.75, 3.05) is 0 Å². The van der Waals surface area contributed by atoms with Gasteiger partial charge in [-0.05, 0) is 31.4 Å². The van der Waals surface area contributed by atoms with E-state index in [4.69, 9.17) is 0 Å². The first-order chi connectivity index (χ1) is 6.41. The van der Waals surface area contributed by atoms with Gasteiger partial charge < -0.3 is 0 Å². The fraction of sp³-hybridized carbons (Fsp3) is 0.750. The van der Waals surface area contributed by atoms with E-state index in [9.17, 15) is 16.8 Å². The molecule has 0 aliphatic carbocycles. The van der Waals surface area contributed by atoms with E-state index in [0.717, 1.165) is 0 Å². The van der Waals surface area contributed by atoms with Crippen molar-refractivity contribution in [3.8, 4) is 0 Å². The van der Waals surface area contributed by atoms with Crippen LogP contribution in [0.5, 0.6) is 0 Å². The summed E-state index contributed by atoms with van der Waals surface area (Å²) < 4.78 is 57.6. The monoisotopic (exact) mass is 297 g/mol. The van der Waals surface area contributed by atoms with Crippen LogP contribution in [0.3, 0.4) is 0 Å². The molecule has 0 heterocycles. The SMILES string of the molecule is C[Si](C)(C)N=C=NP(F)(F)=NP(F)(F)=S. The molecular formula is C4H9F4N3P2SSi. The zero-order chi connectivity index (χ0) is 12.3. The van der Waals surface area contributed by atoms with Gasteiger partial charge in [-0.3, -0.25) is 4.66 Å². The number of rotatable bonds is 3. The first kappa shape index (κ1) is 15.2. The summed E-state index contributed by atoms with van der Waals surface area (Å²) in [5.41, 5.74) is 0. The minimum atomic E-state index is -5.39. The highest BCUT2D eigenvalue weighted by molar-refractivity contribution is 8.10. The second-order valence-corrected chi connectivity index (χ2v) is 12.0. The van der Waals surface area contributed by atoms with E-state index in [2.05, 4.69) is 21.2 Å². The second-order valence-electron chi connectivity index (χ2n) is 3.46. The third-order valence-electron chi connectivity index (χ3n) is 0.762. The molecule has 0 spiro atoms. The molecule has 0 amide bonds. The summed E-state index contributed by atoms with van der Waals surface area (Å²) in [4.78, 5) is 0. The third-order valence-corrected chi connectivity index (χ3v) is 4.21. The van der Waals surface area contributed by atoms with Gasteiger partial charge in [0.1, 0.15) is 0 Å². The molecule has 0 rings (SSSR count). The second kappa shape index (κ2) is 5.02. The molecule has 0 aromatic carbocycles. The van der Waals surface area contributed by atoms with E-state index in [1.54, 1.807) is 25.6 Å². The third kappa shape index (κ3) is 10.5. The number of hydrogen-bond donors (Lipinski definition) is 0. The fourth-order valence-electron chi connectivity index (χ4n) is 0.371. The van der Waals surface area contributed by atoms with Crippen LogP contribution in [0.15, 0.2) is 13.9 Å².